The molecule has 8 atom stereocenters. The number of rotatable bonds is 4. The number of likely N-dealkylation sites (tertiary alicyclic amines) is 1. The maximum atomic E-state index is 13.1. The number of β-amino-alcohol motifs (C(OH)–C–C–N with tert-alkyl or cyclic N) is 1. The number of amides is 1. The molecule has 2 aliphatic heterocycles. The number of aliphatic hydroxyl groups excluding tert-OH is 2. The lowest BCUT2D eigenvalue weighted by atomic mass is 9.46. The summed E-state index contributed by atoms with van der Waals surface area (Å²) in [5.41, 5.74) is 0.972. The summed E-state index contributed by atoms with van der Waals surface area (Å²) in [6, 6.07) is 10.3. The SMILES string of the molecule is C[C@@]12CO[C@@H](Cc3ccccc3)O[C@H]1CC[C@]1(C)[C@H]2CC[C@@H](O)[C@H]1CC(=O)N1CC[C@@H](O)C1. The molecule has 6 nitrogen and oxygen atoms in total. The molecular weight excluding hydrogens is 418 g/mol. The van der Waals surface area contributed by atoms with Gasteiger partial charge in [0, 0.05) is 31.3 Å². The number of nitrogens with zero attached hydrogens (tertiary/aromatic N) is 1. The Bertz CT molecular complexity index is 848. The molecule has 2 saturated heterocycles. The Morgan fingerprint density at radius 2 is 1.88 bits per heavy atom. The molecule has 0 spiro atoms. The molecule has 4 fully saturated rings. The van der Waals surface area contributed by atoms with Crippen molar-refractivity contribution < 1.29 is 24.5 Å². The first-order valence-electron chi connectivity index (χ1n) is 12.7. The zero-order valence-electron chi connectivity index (χ0n) is 20.0. The van der Waals surface area contributed by atoms with E-state index >= 15 is 0 Å². The number of ether oxygens (including phenoxy) is 2. The molecule has 0 radical (unpaired) electrons. The second kappa shape index (κ2) is 8.95. The lowest BCUT2D eigenvalue weighted by molar-refractivity contribution is -0.308. The lowest BCUT2D eigenvalue weighted by Gasteiger charge is -2.63. The van der Waals surface area contributed by atoms with Gasteiger partial charge >= 0.3 is 0 Å². The number of benzene rings is 1. The van der Waals surface area contributed by atoms with Crippen LogP contribution in [0.4, 0.5) is 0 Å². The molecule has 2 saturated carbocycles. The van der Waals surface area contributed by atoms with Crippen LogP contribution in [-0.4, -0.2) is 65.3 Å². The molecule has 0 bridgehead atoms. The molecule has 6 heteroatoms. The lowest BCUT2D eigenvalue weighted by Crippen LogP contribution is -2.63. The first-order valence-corrected chi connectivity index (χ1v) is 12.7. The van der Waals surface area contributed by atoms with E-state index in [1.807, 2.05) is 18.2 Å². The van der Waals surface area contributed by atoms with Crippen LogP contribution in [0.2, 0.25) is 0 Å². The highest BCUT2D eigenvalue weighted by atomic mass is 16.7. The molecule has 5 rings (SSSR count). The van der Waals surface area contributed by atoms with Gasteiger partial charge in [0.25, 0.3) is 0 Å². The maximum absolute atomic E-state index is 13.1. The highest BCUT2D eigenvalue weighted by Gasteiger charge is 2.61. The molecule has 0 unspecified atom stereocenters. The molecule has 2 aliphatic carbocycles. The molecule has 182 valence electrons. The summed E-state index contributed by atoms with van der Waals surface area (Å²) in [6.07, 6.45) is 4.35. The van der Waals surface area contributed by atoms with E-state index in [1.54, 1.807) is 4.90 Å². The van der Waals surface area contributed by atoms with Gasteiger partial charge < -0.3 is 24.6 Å². The predicted molar refractivity (Wildman–Crippen MR) is 124 cm³/mol. The van der Waals surface area contributed by atoms with E-state index in [2.05, 4.69) is 26.0 Å². The summed E-state index contributed by atoms with van der Waals surface area (Å²) in [5, 5.41) is 20.9. The van der Waals surface area contributed by atoms with E-state index in [1.165, 1.54) is 5.56 Å². The van der Waals surface area contributed by atoms with E-state index in [-0.39, 0.29) is 35.0 Å². The van der Waals surface area contributed by atoms with Crippen LogP contribution in [0.3, 0.4) is 0 Å². The summed E-state index contributed by atoms with van der Waals surface area (Å²) in [6.45, 7) is 6.28. The number of carbonyl (C=O) groups excluding carboxylic acids is 1. The fourth-order valence-electron chi connectivity index (χ4n) is 7.49. The van der Waals surface area contributed by atoms with Crippen LogP contribution in [0.5, 0.6) is 0 Å². The topological polar surface area (TPSA) is 79.2 Å². The van der Waals surface area contributed by atoms with Crippen molar-refractivity contribution in [3.05, 3.63) is 35.9 Å². The first-order chi connectivity index (χ1) is 15.8. The molecule has 2 heterocycles. The third kappa shape index (κ3) is 4.24. The Labute approximate surface area is 197 Å². The van der Waals surface area contributed by atoms with E-state index in [4.69, 9.17) is 9.47 Å². The summed E-state index contributed by atoms with van der Waals surface area (Å²) in [5.74, 6) is 0.344. The van der Waals surface area contributed by atoms with Crippen molar-refractivity contribution in [3.63, 3.8) is 0 Å². The minimum atomic E-state index is -0.459. The Balaban J connectivity index is 1.30. The fraction of sp³-hybridized carbons (Fsp3) is 0.741. The molecule has 1 amide bonds. The normalized spacial score (nSPS) is 43.1. The summed E-state index contributed by atoms with van der Waals surface area (Å²) < 4.78 is 12.8. The molecule has 1 aromatic carbocycles. The minimum absolute atomic E-state index is 0.0682. The standard InChI is InChI=1S/C27H39NO5/c1-26-12-10-23-27(2,17-32-25(33-23)14-18-6-4-3-5-7-18)22(26)9-8-21(30)20(26)15-24(31)28-13-11-19(29)16-28/h3-7,19-23,25,29-30H,8-17H2,1-2H3/t19-,20-,21-,22-,23+,25-,26+,27+/m1/s1. The van der Waals surface area contributed by atoms with Crippen LogP contribution in [0.15, 0.2) is 30.3 Å². The van der Waals surface area contributed by atoms with Crippen LogP contribution in [0, 0.1) is 22.7 Å². The van der Waals surface area contributed by atoms with E-state index in [0.29, 0.717) is 38.5 Å². The van der Waals surface area contributed by atoms with E-state index < -0.39 is 12.2 Å². The number of fused-ring (bicyclic) bond motifs is 3. The van der Waals surface area contributed by atoms with Crippen LogP contribution in [0.1, 0.15) is 57.9 Å². The smallest absolute Gasteiger partial charge is 0.223 e. The zero-order chi connectivity index (χ0) is 23.2. The van der Waals surface area contributed by atoms with Gasteiger partial charge in [-0.2, -0.15) is 0 Å². The predicted octanol–water partition coefficient (Wildman–Crippen LogP) is 3.15. The van der Waals surface area contributed by atoms with E-state index in [9.17, 15) is 15.0 Å². The molecule has 0 aromatic heterocycles. The Hall–Kier alpha value is -1.47. The monoisotopic (exact) mass is 457 g/mol. The zero-order valence-corrected chi connectivity index (χ0v) is 20.0. The average Bonchev–Trinajstić information content (AvgIpc) is 3.23. The van der Waals surface area contributed by atoms with Gasteiger partial charge in [0.05, 0.1) is 24.9 Å². The van der Waals surface area contributed by atoms with Crippen LogP contribution < -0.4 is 0 Å². The first kappa shape index (κ1) is 23.3. The quantitative estimate of drug-likeness (QED) is 0.726. The van der Waals surface area contributed by atoms with Crippen molar-refractivity contribution >= 4 is 5.91 Å². The Morgan fingerprint density at radius 3 is 2.61 bits per heavy atom. The molecular formula is C27H39NO5. The van der Waals surface area contributed by atoms with Gasteiger partial charge in [-0.15, -0.1) is 0 Å². The average molecular weight is 458 g/mol. The molecule has 33 heavy (non-hydrogen) atoms. The van der Waals surface area contributed by atoms with Crippen LogP contribution >= 0.6 is 0 Å². The number of carbonyl (C=O) groups is 1. The van der Waals surface area contributed by atoms with Crippen molar-refractivity contribution in [1.29, 1.82) is 0 Å². The van der Waals surface area contributed by atoms with Gasteiger partial charge in [-0.1, -0.05) is 44.2 Å². The number of hydrogen-bond acceptors (Lipinski definition) is 5. The highest BCUT2D eigenvalue weighted by Crippen LogP contribution is 2.62. The summed E-state index contributed by atoms with van der Waals surface area (Å²) in [4.78, 5) is 14.8. The Kier molecular flexibility index (Phi) is 6.32. The second-order valence-corrected chi connectivity index (χ2v) is 11.4. The molecule has 4 aliphatic rings. The van der Waals surface area contributed by atoms with Crippen molar-refractivity contribution in [2.75, 3.05) is 19.7 Å². The minimum Gasteiger partial charge on any atom is -0.393 e. The largest absolute Gasteiger partial charge is 0.393 e. The van der Waals surface area contributed by atoms with Crippen molar-refractivity contribution in [3.8, 4) is 0 Å². The van der Waals surface area contributed by atoms with Crippen molar-refractivity contribution in [2.24, 2.45) is 22.7 Å². The van der Waals surface area contributed by atoms with Gasteiger partial charge in [0.1, 0.15) is 0 Å². The Morgan fingerprint density at radius 1 is 1.09 bits per heavy atom. The fourth-order valence-corrected chi connectivity index (χ4v) is 7.49. The van der Waals surface area contributed by atoms with E-state index in [0.717, 1.165) is 32.1 Å². The maximum Gasteiger partial charge on any atom is 0.223 e. The third-order valence-corrected chi connectivity index (χ3v) is 9.39. The number of hydrogen-bond donors (Lipinski definition) is 2. The van der Waals surface area contributed by atoms with Gasteiger partial charge in [0.15, 0.2) is 6.29 Å². The number of aliphatic hydroxyl groups is 2. The molecule has 2 N–H and O–H groups in total. The van der Waals surface area contributed by atoms with Crippen molar-refractivity contribution in [1.82, 2.24) is 4.90 Å². The van der Waals surface area contributed by atoms with Crippen LogP contribution in [-0.2, 0) is 20.7 Å². The van der Waals surface area contributed by atoms with Gasteiger partial charge in [-0.05, 0) is 54.9 Å². The third-order valence-electron chi connectivity index (χ3n) is 9.39. The highest BCUT2D eigenvalue weighted by molar-refractivity contribution is 5.77. The van der Waals surface area contributed by atoms with Gasteiger partial charge in [-0.25, -0.2) is 0 Å². The van der Waals surface area contributed by atoms with Gasteiger partial charge in [-0.3, -0.25) is 4.79 Å². The summed E-state index contributed by atoms with van der Waals surface area (Å²) in [7, 11) is 0. The van der Waals surface area contributed by atoms with Crippen molar-refractivity contribution in [2.45, 2.75) is 83.4 Å². The summed E-state index contributed by atoms with van der Waals surface area (Å²) >= 11 is 0. The second-order valence-electron chi connectivity index (χ2n) is 11.4. The van der Waals surface area contributed by atoms with Crippen LogP contribution in [0.25, 0.3) is 0 Å². The molecule has 1 aromatic rings. The van der Waals surface area contributed by atoms with Gasteiger partial charge in [0.2, 0.25) is 5.91 Å².